The van der Waals surface area contributed by atoms with E-state index in [1.54, 1.807) is 0 Å². The Kier molecular flexibility index (Phi) is 45.7. The molecule has 0 fully saturated rings. The lowest BCUT2D eigenvalue weighted by molar-refractivity contribution is -0.143. The van der Waals surface area contributed by atoms with Crippen LogP contribution in [0.25, 0.3) is 0 Å². The molecule has 3 N–H and O–H groups in total. The van der Waals surface area contributed by atoms with Gasteiger partial charge in [0.2, 0.25) is 5.91 Å². The van der Waals surface area contributed by atoms with Crippen molar-refractivity contribution in [3.05, 3.63) is 24.3 Å². The number of aliphatic hydroxyl groups excluding tert-OH is 2. The lowest BCUT2D eigenvalue weighted by Gasteiger charge is -2.22. The molecule has 2 unspecified atom stereocenters. The Balaban J connectivity index is 3.49. The van der Waals surface area contributed by atoms with Gasteiger partial charge in [-0.2, -0.15) is 0 Å². The van der Waals surface area contributed by atoms with E-state index in [-0.39, 0.29) is 18.5 Å². The molecular weight excluding hydrogens is 707 g/mol. The van der Waals surface area contributed by atoms with Crippen LogP contribution in [0.2, 0.25) is 0 Å². The van der Waals surface area contributed by atoms with Crippen molar-refractivity contribution in [3.63, 3.8) is 0 Å². The van der Waals surface area contributed by atoms with E-state index < -0.39 is 12.1 Å². The Morgan fingerprint density at radius 2 is 0.842 bits per heavy atom. The fourth-order valence-corrected chi connectivity index (χ4v) is 7.55. The van der Waals surface area contributed by atoms with Crippen LogP contribution in [0.15, 0.2) is 24.3 Å². The smallest absolute Gasteiger partial charge is 0.305 e. The van der Waals surface area contributed by atoms with Crippen LogP contribution in [0.1, 0.15) is 264 Å². The molecule has 6 heteroatoms. The molecule has 1 amide bonds. The SMILES string of the molecule is CCCC/C=C\CCCCCCCC(=O)OCCCCCC/C=C\CCCCCCCCCC(=O)NC(CO)C(O)CCCCCCCCCCCCCCCC. The van der Waals surface area contributed by atoms with E-state index in [1.165, 1.54) is 161 Å². The van der Waals surface area contributed by atoms with Crippen LogP contribution >= 0.6 is 0 Å². The molecule has 6 nitrogen and oxygen atoms in total. The average Bonchev–Trinajstić information content (AvgIpc) is 3.21. The highest BCUT2D eigenvalue weighted by molar-refractivity contribution is 5.76. The molecule has 2 atom stereocenters. The highest BCUT2D eigenvalue weighted by Gasteiger charge is 2.20. The third kappa shape index (κ3) is 43.7. The molecule has 0 spiro atoms. The minimum absolute atomic E-state index is 0.0215. The van der Waals surface area contributed by atoms with Crippen molar-refractivity contribution in [2.24, 2.45) is 0 Å². The van der Waals surface area contributed by atoms with Crippen molar-refractivity contribution in [2.75, 3.05) is 13.2 Å². The van der Waals surface area contributed by atoms with Crippen molar-refractivity contribution in [2.45, 2.75) is 276 Å². The monoisotopic (exact) mass is 804 g/mol. The normalized spacial score (nSPS) is 12.8. The van der Waals surface area contributed by atoms with Gasteiger partial charge in [-0.1, -0.05) is 205 Å². The van der Waals surface area contributed by atoms with Gasteiger partial charge in [-0.3, -0.25) is 9.59 Å². The molecule has 0 rings (SSSR count). The minimum Gasteiger partial charge on any atom is -0.466 e. The summed E-state index contributed by atoms with van der Waals surface area (Å²) in [5.41, 5.74) is 0. The molecule has 0 aromatic heterocycles. The van der Waals surface area contributed by atoms with Crippen LogP contribution in [-0.4, -0.2) is 47.4 Å². The zero-order valence-corrected chi connectivity index (χ0v) is 38.1. The standard InChI is InChI=1S/C51H97NO5/c1-3-5-7-9-11-13-15-16-20-24-27-31-35-39-43-49(54)48(47-53)52-50(55)44-40-36-32-28-25-21-18-17-19-22-26-30-34-38-42-46-57-51(56)45-41-37-33-29-23-14-12-10-8-6-4-2/h10,12,19,22,48-49,53-54H,3-9,11,13-18,20-21,23-47H2,1-2H3,(H,52,55)/b12-10-,22-19-. The molecule has 0 heterocycles. The average molecular weight is 804 g/mol. The van der Waals surface area contributed by atoms with Gasteiger partial charge >= 0.3 is 5.97 Å². The number of hydrogen-bond donors (Lipinski definition) is 3. The fraction of sp³-hybridized carbons (Fsp3) is 0.882. The Hall–Kier alpha value is -1.66. The second-order valence-corrected chi connectivity index (χ2v) is 17.1. The van der Waals surface area contributed by atoms with Gasteiger partial charge in [0.15, 0.2) is 0 Å². The van der Waals surface area contributed by atoms with Gasteiger partial charge < -0.3 is 20.3 Å². The van der Waals surface area contributed by atoms with E-state index in [4.69, 9.17) is 4.74 Å². The summed E-state index contributed by atoms with van der Waals surface area (Å²) in [7, 11) is 0. The first kappa shape index (κ1) is 55.3. The summed E-state index contributed by atoms with van der Waals surface area (Å²) in [5.74, 6) is -0.0722. The van der Waals surface area contributed by atoms with E-state index in [2.05, 4.69) is 43.5 Å². The molecule has 0 aromatic carbocycles. The first-order chi connectivity index (χ1) is 28.0. The number of carbonyl (C=O) groups is 2. The van der Waals surface area contributed by atoms with E-state index in [1.807, 2.05) is 0 Å². The number of allylic oxidation sites excluding steroid dienone is 4. The number of rotatable bonds is 46. The number of esters is 1. The third-order valence-corrected chi connectivity index (χ3v) is 11.5. The van der Waals surface area contributed by atoms with Gasteiger partial charge in [0.25, 0.3) is 0 Å². The largest absolute Gasteiger partial charge is 0.466 e. The molecule has 0 aliphatic rings. The highest BCUT2D eigenvalue weighted by Crippen LogP contribution is 2.16. The fourth-order valence-electron chi connectivity index (χ4n) is 7.55. The number of carbonyl (C=O) groups excluding carboxylic acids is 2. The first-order valence-corrected chi connectivity index (χ1v) is 25.1. The summed E-state index contributed by atoms with van der Waals surface area (Å²) in [5, 5.41) is 23.2. The van der Waals surface area contributed by atoms with Gasteiger partial charge in [-0.25, -0.2) is 0 Å². The molecule has 0 radical (unpaired) electrons. The molecule has 0 saturated heterocycles. The quantitative estimate of drug-likeness (QED) is 0.0324. The Morgan fingerprint density at radius 1 is 0.474 bits per heavy atom. The summed E-state index contributed by atoms with van der Waals surface area (Å²) in [6.45, 7) is 4.87. The van der Waals surface area contributed by atoms with Gasteiger partial charge in [-0.15, -0.1) is 0 Å². The molecule has 57 heavy (non-hydrogen) atoms. The first-order valence-electron chi connectivity index (χ1n) is 25.1. The van der Waals surface area contributed by atoms with E-state index in [0.29, 0.717) is 25.9 Å². The summed E-state index contributed by atoms with van der Waals surface area (Å²) in [6, 6.07) is -0.552. The second kappa shape index (κ2) is 47.0. The minimum atomic E-state index is -0.673. The molecule has 0 aliphatic carbocycles. The summed E-state index contributed by atoms with van der Waals surface area (Å²) in [6.07, 6.45) is 54.3. The lowest BCUT2D eigenvalue weighted by Crippen LogP contribution is -2.45. The Bertz CT molecular complexity index is 889. The van der Waals surface area contributed by atoms with Crippen molar-refractivity contribution in [1.29, 1.82) is 0 Å². The Labute approximate surface area is 354 Å². The maximum Gasteiger partial charge on any atom is 0.305 e. The predicted molar refractivity (Wildman–Crippen MR) is 246 cm³/mol. The van der Waals surface area contributed by atoms with Crippen molar-refractivity contribution < 1.29 is 24.5 Å². The van der Waals surface area contributed by atoms with Gasteiger partial charge in [0, 0.05) is 12.8 Å². The summed E-state index contributed by atoms with van der Waals surface area (Å²) < 4.78 is 5.43. The van der Waals surface area contributed by atoms with Gasteiger partial charge in [0.1, 0.15) is 0 Å². The van der Waals surface area contributed by atoms with E-state index in [9.17, 15) is 19.8 Å². The lowest BCUT2D eigenvalue weighted by atomic mass is 10.0. The zero-order chi connectivity index (χ0) is 41.5. The van der Waals surface area contributed by atoms with Crippen molar-refractivity contribution >= 4 is 11.9 Å². The molecule has 0 aliphatic heterocycles. The van der Waals surface area contributed by atoms with Crippen LogP contribution in [0.5, 0.6) is 0 Å². The van der Waals surface area contributed by atoms with Crippen LogP contribution in [-0.2, 0) is 14.3 Å². The maximum absolute atomic E-state index is 12.4. The number of unbranched alkanes of at least 4 members (excludes halogenated alkanes) is 31. The molecule has 0 bridgehead atoms. The van der Waals surface area contributed by atoms with Gasteiger partial charge in [-0.05, 0) is 70.6 Å². The second-order valence-electron chi connectivity index (χ2n) is 17.1. The summed E-state index contributed by atoms with van der Waals surface area (Å²) >= 11 is 0. The van der Waals surface area contributed by atoms with Crippen LogP contribution in [0.3, 0.4) is 0 Å². The molecular formula is C51H97NO5. The molecule has 0 aromatic rings. The highest BCUT2D eigenvalue weighted by atomic mass is 16.5. The van der Waals surface area contributed by atoms with E-state index >= 15 is 0 Å². The van der Waals surface area contributed by atoms with Crippen LogP contribution < -0.4 is 5.32 Å². The molecule has 336 valence electrons. The van der Waals surface area contributed by atoms with Crippen molar-refractivity contribution in [1.82, 2.24) is 5.32 Å². The predicted octanol–water partition coefficient (Wildman–Crippen LogP) is 14.7. The third-order valence-electron chi connectivity index (χ3n) is 11.5. The molecule has 0 saturated carbocycles. The zero-order valence-electron chi connectivity index (χ0n) is 38.1. The maximum atomic E-state index is 12.4. The number of ether oxygens (including phenoxy) is 1. The number of nitrogens with one attached hydrogen (secondary N) is 1. The Morgan fingerprint density at radius 3 is 1.30 bits per heavy atom. The topological polar surface area (TPSA) is 95.9 Å². The van der Waals surface area contributed by atoms with Gasteiger partial charge in [0.05, 0.1) is 25.4 Å². The van der Waals surface area contributed by atoms with E-state index in [0.717, 1.165) is 70.6 Å². The van der Waals surface area contributed by atoms with Crippen molar-refractivity contribution in [3.8, 4) is 0 Å². The number of hydrogen-bond acceptors (Lipinski definition) is 5. The van der Waals surface area contributed by atoms with Crippen LogP contribution in [0.4, 0.5) is 0 Å². The number of amides is 1. The summed E-state index contributed by atoms with van der Waals surface area (Å²) in [4.78, 5) is 24.4. The number of aliphatic hydroxyl groups is 2. The van der Waals surface area contributed by atoms with Crippen LogP contribution in [0, 0.1) is 0 Å².